The van der Waals surface area contributed by atoms with Crippen LogP contribution in [0.25, 0.3) is 11.3 Å². The fraction of sp³-hybridized carbons (Fsp3) is 0.320. The molecule has 2 fully saturated rings. The van der Waals surface area contributed by atoms with Crippen LogP contribution in [-0.2, 0) is 9.47 Å². The number of methoxy groups -OCH3 is 1. The average Bonchev–Trinajstić information content (AvgIpc) is 3.61. The molecule has 170 valence electrons. The Labute approximate surface area is 197 Å². The number of furan rings is 1. The van der Waals surface area contributed by atoms with Crippen molar-refractivity contribution in [3.8, 4) is 11.3 Å². The molecule has 2 aromatic heterocycles. The monoisotopic (exact) mass is 463 g/mol. The second kappa shape index (κ2) is 9.33. The summed E-state index contributed by atoms with van der Waals surface area (Å²) in [4.78, 5) is 18.5. The molecule has 33 heavy (non-hydrogen) atoms. The maximum Gasteiger partial charge on any atom is 0.337 e. The number of nitrogens with one attached hydrogen (secondary N) is 1. The van der Waals surface area contributed by atoms with Crippen molar-refractivity contribution in [3.63, 3.8) is 0 Å². The van der Waals surface area contributed by atoms with E-state index in [1.54, 1.807) is 18.3 Å². The standard InChI is InChI=1S/C25H25N3O4S/c1-30-24(29)17-9-7-16(8-10-17)20-11-12-21(32-20)23-22(19-6-2-3-13-26-19)27-25(33)28(23)15-18-5-4-14-31-18/h2-3,6-13,18,22-23H,4-5,14-15H2,1H3,(H,27,33). The van der Waals surface area contributed by atoms with Crippen LogP contribution in [0.15, 0.2) is 65.2 Å². The second-order valence-electron chi connectivity index (χ2n) is 8.18. The van der Waals surface area contributed by atoms with Crippen LogP contribution in [0.1, 0.15) is 46.7 Å². The summed E-state index contributed by atoms with van der Waals surface area (Å²) in [6.45, 7) is 1.49. The van der Waals surface area contributed by atoms with Gasteiger partial charge < -0.3 is 24.1 Å². The molecule has 0 amide bonds. The van der Waals surface area contributed by atoms with E-state index in [9.17, 15) is 4.79 Å². The molecule has 0 saturated carbocycles. The van der Waals surface area contributed by atoms with E-state index in [1.165, 1.54) is 7.11 Å². The van der Waals surface area contributed by atoms with E-state index in [4.69, 9.17) is 26.1 Å². The highest BCUT2D eigenvalue weighted by Gasteiger charge is 2.42. The number of pyridine rings is 1. The lowest BCUT2D eigenvalue weighted by molar-refractivity contribution is 0.0600. The first-order valence-electron chi connectivity index (χ1n) is 11.0. The van der Waals surface area contributed by atoms with Crippen LogP contribution in [0.3, 0.4) is 0 Å². The topological polar surface area (TPSA) is 76.8 Å². The van der Waals surface area contributed by atoms with Crippen molar-refractivity contribution in [1.82, 2.24) is 15.2 Å². The average molecular weight is 464 g/mol. The van der Waals surface area contributed by atoms with Crippen molar-refractivity contribution in [2.45, 2.75) is 31.0 Å². The molecule has 3 unspecified atom stereocenters. The molecule has 2 aliphatic heterocycles. The SMILES string of the molecule is COC(=O)c1ccc(-c2ccc(C3C(c4ccccn4)NC(=S)N3CC3CCCO3)o2)cc1. The van der Waals surface area contributed by atoms with E-state index in [2.05, 4.69) is 15.2 Å². The number of benzene rings is 1. The van der Waals surface area contributed by atoms with Gasteiger partial charge in [0.05, 0.1) is 30.5 Å². The maximum atomic E-state index is 11.7. The molecule has 2 aliphatic rings. The number of rotatable bonds is 6. The summed E-state index contributed by atoms with van der Waals surface area (Å²) < 4.78 is 17.0. The van der Waals surface area contributed by atoms with E-state index < -0.39 is 0 Å². The Morgan fingerprint density at radius 3 is 2.76 bits per heavy atom. The minimum atomic E-state index is -0.366. The van der Waals surface area contributed by atoms with Crippen molar-refractivity contribution >= 4 is 23.3 Å². The Morgan fingerprint density at radius 2 is 2.06 bits per heavy atom. The predicted molar refractivity (Wildman–Crippen MR) is 127 cm³/mol. The highest BCUT2D eigenvalue weighted by Crippen LogP contribution is 2.41. The Hall–Kier alpha value is -3.23. The van der Waals surface area contributed by atoms with E-state index >= 15 is 0 Å². The first-order chi connectivity index (χ1) is 16.1. The van der Waals surface area contributed by atoms with E-state index in [1.807, 2.05) is 42.5 Å². The van der Waals surface area contributed by atoms with E-state index in [-0.39, 0.29) is 24.2 Å². The van der Waals surface area contributed by atoms with Gasteiger partial charge in [0.1, 0.15) is 17.6 Å². The van der Waals surface area contributed by atoms with Crippen molar-refractivity contribution in [1.29, 1.82) is 0 Å². The molecule has 1 aromatic carbocycles. The van der Waals surface area contributed by atoms with Crippen LogP contribution in [0, 0.1) is 0 Å². The smallest absolute Gasteiger partial charge is 0.337 e. The maximum absolute atomic E-state index is 11.7. The molecule has 2 saturated heterocycles. The summed E-state index contributed by atoms with van der Waals surface area (Å²) in [5.74, 6) is 1.15. The van der Waals surface area contributed by atoms with E-state index in [0.29, 0.717) is 17.2 Å². The minimum absolute atomic E-state index is 0.138. The quantitative estimate of drug-likeness (QED) is 0.429. The molecule has 0 spiro atoms. The van der Waals surface area contributed by atoms with Crippen molar-refractivity contribution < 1.29 is 18.7 Å². The van der Waals surface area contributed by atoms with Gasteiger partial charge in [-0.25, -0.2) is 4.79 Å². The first kappa shape index (κ1) is 21.6. The van der Waals surface area contributed by atoms with Gasteiger partial charge in [0.15, 0.2) is 5.11 Å². The van der Waals surface area contributed by atoms with Crippen molar-refractivity contribution in [2.24, 2.45) is 0 Å². The number of nitrogens with zero attached hydrogens (tertiary/aromatic N) is 2. The molecule has 7 nitrogen and oxygen atoms in total. The number of esters is 1. The highest BCUT2D eigenvalue weighted by atomic mass is 32.1. The normalized spacial score (nSPS) is 22.4. The third-order valence-electron chi connectivity index (χ3n) is 6.13. The number of ether oxygens (including phenoxy) is 2. The summed E-state index contributed by atoms with van der Waals surface area (Å²) in [6, 6.07) is 16.7. The summed E-state index contributed by atoms with van der Waals surface area (Å²) in [6.07, 6.45) is 4.03. The van der Waals surface area contributed by atoms with Gasteiger partial charge in [0.25, 0.3) is 0 Å². The van der Waals surface area contributed by atoms with Gasteiger partial charge in [-0.2, -0.15) is 0 Å². The van der Waals surface area contributed by atoms with Gasteiger partial charge in [-0.3, -0.25) is 4.98 Å². The molecule has 1 N–H and O–H groups in total. The molecule has 0 bridgehead atoms. The molecule has 0 radical (unpaired) electrons. The lowest BCUT2D eigenvalue weighted by Gasteiger charge is -2.28. The molecule has 5 rings (SSSR count). The molecular formula is C25H25N3O4S. The van der Waals surface area contributed by atoms with Crippen LogP contribution >= 0.6 is 12.2 Å². The first-order valence-corrected chi connectivity index (χ1v) is 11.4. The number of hydrogen-bond acceptors (Lipinski definition) is 6. The summed E-state index contributed by atoms with van der Waals surface area (Å²) >= 11 is 5.73. The molecule has 0 aliphatic carbocycles. The number of aromatic nitrogens is 1. The summed E-state index contributed by atoms with van der Waals surface area (Å²) in [5.41, 5.74) is 2.28. The number of hydrogen-bond donors (Lipinski definition) is 1. The summed E-state index contributed by atoms with van der Waals surface area (Å²) in [5, 5.41) is 4.12. The Morgan fingerprint density at radius 1 is 1.21 bits per heavy atom. The lowest BCUT2D eigenvalue weighted by Crippen LogP contribution is -2.36. The predicted octanol–water partition coefficient (Wildman–Crippen LogP) is 4.28. The zero-order chi connectivity index (χ0) is 22.8. The highest BCUT2D eigenvalue weighted by molar-refractivity contribution is 7.80. The van der Waals surface area contributed by atoms with Gasteiger partial charge in [0.2, 0.25) is 0 Å². The van der Waals surface area contributed by atoms with Crippen molar-refractivity contribution in [3.05, 3.63) is 77.8 Å². The third-order valence-corrected chi connectivity index (χ3v) is 6.48. The zero-order valence-electron chi connectivity index (χ0n) is 18.3. The fourth-order valence-electron chi connectivity index (χ4n) is 4.47. The lowest BCUT2D eigenvalue weighted by atomic mass is 10.0. The van der Waals surface area contributed by atoms with Crippen LogP contribution in [0.4, 0.5) is 0 Å². The van der Waals surface area contributed by atoms with Gasteiger partial charge in [-0.1, -0.05) is 18.2 Å². The summed E-state index contributed by atoms with van der Waals surface area (Å²) in [7, 11) is 1.37. The Bertz CT molecular complexity index is 1130. The van der Waals surface area contributed by atoms with Crippen molar-refractivity contribution in [2.75, 3.05) is 20.3 Å². The van der Waals surface area contributed by atoms with Crippen LogP contribution < -0.4 is 5.32 Å². The Kier molecular flexibility index (Phi) is 6.11. The molecule has 3 atom stereocenters. The third kappa shape index (κ3) is 4.36. The molecule has 4 heterocycles. The molecule has 8 heteroatoms. The van der Waals surface area contributed by atoms with Crippen LogP contribution in [0.5, 0.6) is 0 Å². The van der Waals surface area contributed by atoms with E-state index in [0.717, 1.165) is 42.2 Å². The van der Waals surface area contributed by atoms with Crippen LogP contribution in [-0.4, -0.2) is 47.3 Å². The largest absolute Gasteiger partial charge is 0.465 e. The fourth-order valence-corrected chi connectivity index (χ4v) is 4.79. The Balaban J connectivity index is 1.46. The number of thiocarbonyl (C=S) groups is 1. The van der Waals surface area contributed by atoms with Crippen LogP contribution in [0.2, 0.25) is 0 Å². The van der Waals surface area contributed by atoms with Gasteiger partial charge in [-0.15, -0.1) is 0 Å². The van der Waals surface area contributed by atoms with Gasteiger partial charge in [0, 0.05) is 24.9 Å². The van der Waals surface area contributed by atoms with Gasteiger partial charge >= 0.3 is 5.97 Å². The number of carbonyl (C=O) groups excluding carboxylic acids is 1. The molecular weight excluding hydrogens is 438 g/mol. The number of carbonyl (C=O) groups is 1. The second-order valence-corrected chi connectivity index (χ2v) is 8.57. The minimum Gasteiger partial charge on any atom is -0.465 e. The van der Waals surface area contributed by atoms with Gasteiger partial charge in [-0.05, 0) is 61.5 Å². The zero-order valence-corrected chi connectivity index (χ0v) is 19.1. The molecule has 3 aromatic rings.